The van der Waals surface area contributed by atoms with Crippen LogP contribution in [0.4, 0.5) is 4.39 Å². The van der Waals surface area contributed by atoms with Crippen LogP contribution < -0.4 is 0 Å². The maximum Gasteiger partial charge on any atom is 0.143 e. The molecule has 0 bridgehead atoms. The predicted molar refractivity (Wildman–Crippen MR) is 26.1 cm³/mol. The molecule has 0 N–H and O–H groups in total. The molecular formula is C3H5Cl2F. The Morgan fingerprint density at radius 3 is 1.83 bits per heavy atom. The van der Waals surface area contributed by atoms with Crippen molar-refractivity contribution in [1.29, 1.82) is 0 Å². The van der Waals surface area contributed by atoms with Crippen molar-refractivity contribution in [3.05, 3.63) is 0 Å². The second kappa shape index (κ2) is 1.99. The monoisotopic (exact) mass is 130 g/mol. The fraction of sp³-hybridized carbons (Fsp3) is 1.00. The summed E-state index contributed by atoms with van der Waals surface area (Å²) in [6, 6.07) is 0. The summed E-state index contributed by atoms with van der Waals surface area (Å²) >= 11 is 10.2. The first-order valence-electron chi connectivity index (χ1n) is 1.50. The summed E-state index contributed by atoms with van der Waals surface area (Å²) in [4.78, 5) is 0. The zero-order valence-electron chi connectivity index (χ0n) is 3.34. The molecule has 6 heavy (non-hydrogen) atoms. The van der Waals surface area contributed by atoms with E-state index in [0.717, 1.165) is 0 Å². The molecule has 0 saturated heterocycles. The van der Waals surface area contributed by atoms with E-state index in [2.05, 4.69) is 0 Å². The highest BCUT2D eigenvalue weighted by Crippen LogP contribution is 2.18. The minimum atomic E-state index is -1.18. The van der Waals surface area contributed by atoms with Gasteiger partial charge < -0.3 is 0 Å². The second-order valence-corrected chi connectivity index (χ2v) is 3.07. The third-order valence-corrected chi connectivity index (χ3v) is 0.437. The van der Waals surface area contributed by atoms with Gasteiger partial charge in [-0.2, -0.15) is 0 Å². The molecule has 0 nitrogen and oxygen atoms in total. The van der Waals surface area contributed by atoms with Crippen LogP contribution in [0.5, 0.6) is 0 Å². The lowest BCUT2D eigenvalue weighted by Gasteiger charge is -2.02. The number of hydrogen-bond acceptors (Lipinski definition) is 0. The fourth-order valence-corrected chi connectivity index (χ4v) is 0. The Balaban J connectivity index is 3.17. The Morgan fingerprint density at radius 1 is 1.67 bits per heavy atom. The SMILES string of the molecule is CC(Cl)(Cl)CF. The minimum Gasteiger partial charge on any atom is -0.248 e. The summed E-state index contributed by atoms with van der Waals surface area (Å²) in [7, 11) is 0. The number of halogens is 3. The van der Waals surface area contributed by atoms with Crippen LogP contribution in [-0.2, 0) is 0 Å². The molecule has 0 amide bonds. The molecule has 0 spiro atoms. The molecule has 0 rings (SSSR count). The van der Waals surface area contributed by atoms with Gasteiger partial charge in [-0.1, -0.05) is 23.2 Å². The van der Waals surface area contributed by atoms with E-state index < -0.39 is 11.0 Å². The maximum atomic E-state index is 11.2. The summed E-state index contributed by atoms with van der Waals surface area (Å²) in [6.45, 7) is 0.701. The normalized spacial score (nSPS) is 12.0. The van der Waals surface area contributed by atoms with Crippen LogP contribution in [0.3, 0.4) is 0 Å². The van der Waals surface area contributed by atoms with E-state index >= 15 is 0 Å². The van der Waals surface area contributed by atoms with Crippen molar-refractivity contribution in [2.24, 2.45) is 0 Å². The van der Waals surface area contributed by atoms with Crippen molar-refractivity contribution in [3.63, 3.8) is 0 Å². The van der Waals surface area contributed by atoms with Gasteiger partial charge in [-0.15, -0.1) is 0 Å². The highest BCUT2D eigenvalue weighted by Gasteiger charge is 2.13. The zero-order valence-corrected chi connectivity index (χ0v) is 4.85. The Kier molecular flexibility index (Phi) is 2.16. The molecule has 0 aromatic rings. The first kappa shape index (κ1) is 6.51. The summed E-state index contributed by atoms with van der Waals surface area (Å²) in [5.41, 5.74) is 0. The Morgan fingerprint density at radius 2 is 1.83 bits per heavy atom. The highest BCUT2D eigenvalue weighted by atomic mass is 35.5. The Bertz CT molecular complexity index is 38.5. The molecule has 0 atom stereocenters. The summed E-state index contributed by atoms with van der Waals surface area (Å²) in [6.07, 6.45) is 0. The quantitative estimate of drug-likeness (QED) is 0.478. The molecule has 0 heterocycles. The number of rotatable bonds is 1. The van der Waals surface area contributed by atoms with Gasteiger partial charge in [0.05, 0.1) is 0 Å². The van der Waals surface area contributed by atoms with Crippen LogP contribution in [0.15, 0.2) is 0 Å². The van der Waals surface area contributed by atoms with E-state index in [9.17, 15) is 4.39 Å². The highest BCUT2D eigenvalue weighted by molar-refractivity contribution is 6.48. The van der Waals surface area contributed by atoms with Crippen LogP contribution in [-0.4, -0.2) is 11.0 Å². The molecule has 0 fully saturated rings. The largest absolute Gasteiger partial charge is 0.248 e. The van der Waals surface area contributed by atoms with E-state index in [4.69, 9.17) is 23.2 Å². The minimum absolute atomic E-state index is 0.698. The van der Waals surface area contributed by atoms with Gasteiger partial charge in [0.1, 0.15) is 11.0 Å². The summed E-state index contributed by atoms with van der Waals surface area (Å²) in [5.74, 6) is 0. The average Bonchev–Trinajstić information content (AvgIpc) is 1.35. The van der Waals surface area contributed by atoms with E-state index in [0.29, 0.717) is 0 Å². The van der Waals surface area contributed by atoms with Gasteiger partial charge in [0.25, 0.3) is 0 Å². The first-order valence-corrected chi connectivity index (χ1v) is 2.25. The molecule has 38 valence electrons. The molecular weight excluding hydrogens is 126 g/mol. The van der Waals surface area contributed by atoms with Crippen LogP contribution in [0.2, 0.25) is 0 Å². The van der Waals surface area contributed by atoms with Crippen molar-refractivity contribution < 1.29 is 4.39 Å². The smallest absolute Gasteiger partial charge is 0.143 e. The van der Waals surface area contributed by atoms with Gasteiger partial charge in [-0.05, 0) is 6.92 Å². The molecule has 3 heteroatoms. The molecule has 0 aromatic heterocycles. The number of alkyl halides is 3. The summed E-state index contributed by atoms with van der Waals surface area (Å²) in [5, 5.41) is 0. The lowest BCUT2D eigenvalue weighted by molar-refractivity contribution is 0.470. The Hall–Kier alpha value is 0.510. The van der Waals surface area contributed by atoms with Crippen molar-refractivity contribution in [3.8, 4) is 0 Å². The first-order chi connectivity index (χ1) is 2.56. The van der Waals surface area contributed by atoms with Gasteiger partial charge in [0.15, 0.2) is 0 Å². The van der Waals surface area contributed by atoms with Crippen molar-refractivity contribution >= 4 is 23.2 Å². The topological polar surface area (TPSA) is 0 Å². The van der Waals surface area contributed by atoms with E-state index in [-0.39, 0.29) is 0 Å². The molecule has 0 aromatic carbocycles. The maximum absolute atomic E-state index is 11.2. The van der Waals surface area contributed by atoms with Crippen molar-refractivity contribution in [1.82, 2.24) is 0 Å². The van der Waals surface area contributed by atoms with E-state index in [1.54, 1.807) is 0 Å². The van der Waals surface area contributed by atoms with Crippen molar-refractivity contribution in [2.45, 2.75) is 11.3 Å². The molecule has 0 aliphatic rings. The van der Waals surface area contributed by atoms with Crippen molar-refractivity contribution in [2.75, 3.05) is 6.67 Å². The lowest BCUT2D eigenvalue weighted by Crippen LogP contribution is -2.07. The third kappa shape index (κ3) is 4.51. The zero-order chi connectivity index (χ0) is 5.21. The van der Waals surface area contributed by atoms with Crippen LogP contribution in [0, 0.1) is 0 Å². The average molecular weight is 131 g/mol. The second-order valence-electron chi connectivity index (χ2n) is 1.20. The third-order valence-electron chi connectivity index (χ3n) is 0.235. The van der Waals surface area contributed by atoms with Gasteiger partial charge in [-0.25, -0.2) is 4.39 Å². The van der Waals surface area contributed by atoms with Gasteiger partial charge in [0.2, 0.25) is 0 Å². The molecule has 0 aliphatic heterocycles. The van der Waals surface area contributed by atoms with Gasteiger partial charge in [0, 0.05) is 0 Å². The predicted octanol–water partition coefficient (Wildman–Crippen LogP) is 2.15. The lowest BCUT2D eigenvalue weighted by atomic mass is 10.5. The Labute approximate surface area is 46.2 Å². The van der Waals surface area contributed by atoms with Crippen LogP contribution in [0.25, 0.3) is 0 Å². The van der Waals surface area contributed by atoms with Crippen LogP contribution >= 0.6 is 23.2 Å². The van der Waals surface area contributed by atoms with Crippen LogP contribution in [0.1, 0.15) is 6.92 Å². The van der Waals surface area contributed by atoms with Gasteiger partial charge >= 0.3 is 0 Å². The molecule has 0 saturated carbocycles. The number of hydrogen-bond donors (Lipinski definition) is 0. The van der Waals surface area contributed by atoms with Gasteiger partial charge in [-0.3, -0.25) is 0 Å². The fourth-order valence-electron chi connectivity index (χ4n) is 0. The molecule has 0 radical (unpaired) electrons. The molecule has 0 aliphatic carbocycles. The van der Waals surface area contributed by atoms with E-state index in [1.165, 1.54) is 6.92 Å². The molecule has 0 unspecified atom stereocenters. The summed E-state index contributed by atoms with van der Waals surface area (Å²) < 4.78 is 10.1. The van der Waals surface area contributed by atoms with E-state index in [1.807, 2.05) is 0 Å². The standard InChI is InChI=1S/C3H5Cl2F/c1-3(4,5)2-6/h2H2,1H3.